The minimum Gasteiger partial charge on any atom is -0.396 e. The van der Waals surface area contributed by atoms with Crippen molar-refractivity contribution in [2.75, 3.05) is 6.61 Å². The molecule has 0 radical (unpaired) electrons. The SMILES string of the molecule is O=C(NC1C2CCC(C2)C1CO)c1cnn(-c2ccccc2)c1. The number of nitrogens with zero attached hydrogens (tertiary/aromatic N) is 2. The molecule has 1 heterocycles. The van der Waals surface area contributed by atoms with Gasteiger partial charge >= 0.3 is 0 Å². The Kier molecular flexibility index (Phi) is 3.65. The molecule has 5 nitrogen and oxygen atoms in total. The summed E-state index contributed by atoms with van der Waals surface area (Å²) in [5, 5.41) is 17.0. The van der Waals surface area contributed by atoms with E-state index in [2.05, 4.69) is 10.4 Å². The first kappa shape index (κ1) is 14.5. The molecule has 0 saturated heterocycles. The van der Waals surface area contributed by atoms with Crippen molar-refractivity contribution in [2.45, 2.75) is 25.3 Å². The van der Waals surface area contributed by atoms with Gasteiger partial charge in [0.15, 0.2) is 0 Å². The average Bonchev–Trinajstić information content (AvgIpc) is 3.31. The van der Waals surface area contributed by atoms with Gasteiger partial charge in [-0.25, -0.2) is 4.68 Å². The van der Waals surface area contributed by atoms with E-state index in [4.69, 9.17) is 0 Å². The summed E-state index contributed by atoms with van der Waals surface area (Å²) in [7, 11) is 0. The summed E-state index contributed by atoms with van der Waals surface area (Å²) >= 11 is 0. The van der Waals surface area contributed by atoms with Crippen LogP contribution in [0.3, 0.4) is 0 Å². The molecule has 2 aliphatic carbocycles. The fourth-order valence-corrected chi connectivity index (χ4v) is 4.29. The smallest absolute Gasteiger partial charge is 0.254 e. The second-order valence-corrected chi connectivity index (χ2v) is 6.69. The number of nitrogens with one attached hydrogen (secondary N) is 1. The molecule has 0 spiro atoms. The summed E-state index contributed by atoms with van der Waals surface area (Å²) in [4.78, 5) is 12.5. The molecular formula is C18H21N3O2. The number of carbonyl (C=O) groups excluding carboxylic acids is 1. The molecule has 5 heteroatoms. The van der Waals surface area contributed by atoms with Crippen LogP contribution in [0.15, 0.2) is 42.7 Å². The first-order valence-electron chi connectivity index (χ1n) is 8.28. The van der Waals surface area contributed by atoms with E-state index >= 15 is 0 Å². The van der Waals surface area contributed by atoms with Gasteiger partial charge in [-0.1, -0.05) is 18.2 Å². The Morgan fingerprint density at radius 1 is 1.26 bits per heavy atom. The zero-order chi connectivity index (χ0) is 15.8. The highest BCUT2D eigenvalue weighted by molar-refractivity contribution is 5.94. The molecule has 120 valence electrons. The Balaban J connectivity index is 1.49. The molecule has 0 aliphatic heterocycles. The summed E-state index contributed by atoms with van der Waals surface area (Å²) in [6.07, 6.45) is 6.85. The van der Waals surface area contributed by atoms with Crippen LogP contribution < -0.4 is 5.32 Å². The molecule has 4 rings (SSSR count). The van der Waals surface area contributed by atoms with Gasteiger partial charge in [0.1, 0.15) is 0 Å². The van der Waals surface area contributed by atoms with E-state index in [1.54, 1.807) is 17.1 Å². The van der Waals surface area contributed by atoms with Gasteiger partial charge in [-0.3, -0.25) is 4.79 Å². The summed E-state index contributed by atoms with van der Waals surface area (Å²) < 4.78 is 1.71. The summed E-state index contributed by atoms with van der Waals surface area (Å²) in [5.41, 5.74) is 1.49. The lowest BCUT2D eigenvalue weighted by Crippen LogP contribution is -2.45. The number of amides is 1. The molecule has 1 aromatic carbocycles. The molecule has 2 N–H and O–H groups in total. The zero-order valence-corrected chi connectivity index (χ0v) is 12.9. The Morgan fingerprint density at radius 3 is 2.83 bits per heavy atom. The predicted molar refractivity (Wildman–Crippen MR) is 86.2 cm³/mol. The highest BCUT2D eigenvalue weighted by Crippen LogP contribution is 2.48. The number of benzene rings is 1. The predicted octanol–water partition coefficient (Wildman–Crippen LogP) is 2.01. The van der Waals surface area contributed by atoms with Crippen LogP contribution in [0.1, 0.15) is 29.6 Å². The van der Waals surface area contributed by atoms with E-state index in [1.165, 1.54) is 6.42 Å². The second kappa shape index (κ2) is 5.81. The molecule has 2 aliphatic rings. The number of aliphatic hydroxyl groups is 1. The topological polar surface area (TPSA) is 67.2 Å². The lowest BCUT2D eigenvalue weighted by molar-refractivity contribution is 0.0861. The van der Waals surface area contributed by atoms with Crippen LogP contribution in [-0.4, -0.2) is 33.4 Å². The van der Waals surface area contributed by atoms with Crippen LogP contribution in [-0.2, 0) is 0 Å². The van der Waals surface area contributed by atoms with Crippen LogP contribution in [0.4, 0.5) is 0 Å². The normalized spacial score (nSPS) is 28.9. The Hall–Kier alpha value is -2.14. The molecule has 1 aromatic heterocycles. The van der Waals surface area contributed by atoms with Gasteiger partial charge in [-0.15, -0.1) is 0 Å². The number of hydrogen-bond acceptors (Lipinski definition) is 3. The van der Waals surface area contributed by atoms with Crippen LogP contribution in [0, 0.1) is 17.8 Å². The van der Waals surface area contributed by atoms with E-state index in [0.29, 0.717) is 17.4 Å². The fourth-order valence-electron chi connectivity index (χ4n) is 4.29. The molecular weight excluding hydrogens is 290 g/mol. The zero-order valence-electron chi connectivity index (χ0n) is 12.9. The van der Waals surface area contributed by atoms with Crippen LogP contribution in [0.5, 0.6) is 0 Å². The van der Waals surface area contributed by atoms with Gasteiger partial charge in [-0.05, 0) is 43.2 Å². The van der Waals surface area contributed by atoms with Crippen molar-refractivity contribution in [3.05, 3.63) is 48.3 Å². The Morgan fingerprint density at radius 2 is 2.04 bits per heavy atom. The summed E-state index contributed by atoms with van der Waals surface area (Å²) in [6, 6.07) is 9.84. The van der Waals surface area contributed by atoms with Crippen molar-refractivity contribution >= 4 is 5.91 Å². The number of para-hydroxylation sites is 1. The third kappa shape index (κ3) is 2.55. The highest BCUT2D eigenvalue weighted by Gasteiger charge is 2.47. The van der Waals surface area contributed by atoms with Gasteiger partial charge in [0.05, 0.1) is 17.4 Å². The Labute approximate surface area is 135 Å². The quantitative estimate of drug-likeness (QED) is 0.907. The first-order chi connectivity index (χ1) is 11.3. The van der Waals surface area contributed by atoms with Crippen LogP contribution in [0.25, 0.3) is 5.69 Å². The van der Waals surface area contributed by atoms with Crippen molar-refractivity contribution in [2.24, 2.45) is 17.8 Å². The lowest BCUT2D eigenvalue weighted by atomic mass is 9.85. The maximum absolute atomic E-state index is 12.5. The number of carbonyl (C=O) groups is 1. The minimum atomic E-state index is -0.0943. The van der Waals surface area contributed by atoms with Crippen molar-refractivity contribution in [3.8, 4) is 5.69 Å². The van der Waals surface area contributed by atoms with E-state index in [1.807, 2.05) is 30.3 Å². The van der Waals surface area contributed by atoms with Crippen molar-refractivity contribution < 1.29 is 9.90 Å². The molecule has 4 unspecified atom stereocenters. The first-order valence-corrected chi connectivity index (χ1v) is 8.28. The number of rotatable bonds is 4. The van der Waals surface area contributed by atoms with Gasteiger partial charge in [-0.2, -0.15) is 5.10 Å². The third-order valence-corrected chi connectivity index (χ3v) is 5.46. The van der Waals surface area contributed by atoms with Crippen LogP contribution in [0.2, 0.25) is 0 Å². The maximum atomic E-state index is 12.5. The molecule has 2 saturated carbocycles. The molecule has 2 bridgehead atoms. The highest BCUT2D eigenvalue weighted by atomic mass is 16.3. The second-order valence-electron chi connectivity index (χ2n) is 6.69. The fraction of sp³-hybridized carbons (Fsp3) is 0.444. The van der Waals surface area contributed by atoms with E-state index in [0.717, 1.165) is 18.5 Å². The average molecular weight is 311 g/mol. The van der Waals surface area contributed by atoms with Crippen molar-refractivity contribution in [3.63, 3.8) is 0 Å². The van der Waals surface area contributed by atoms with Gasteiger partial charge in [0.25, 0.3) is 5.91 Å². The number of fused-ring (bicyclic) bond motifs is 2. The van der Waals surface area contributed by atoms with Crippen LogP contribution >= 0.6 is 0 Å². The molecule has 4 atom stereocenters. The molecule has 23 heavy (non-hydrogen) atoms. The third-order valence-electron chi connectivity index (χ3n) is 5.46. The molecule has 2 fully saturated rings. The van der Waals surface area contributed by atoms with Crippen molar-refractivity contribution in [1.82, 2.24) is 15.1 Å². The monoisotopic (exact) mass is 311 g/mol. The van der Waals surface area contributed by atoms with E-state index < -0.39 is 0 Å². The van der Waals surface area contributed by atoms with E-state index in [-0.39, 0.29) is 24.5 Å². The summed E-state index contributed by atoms with van der Waals surface area (Å²) in [6.45, 7) is 0.162. The number of hydrogen-bond donors (Lipinski definition) is 2. The van der Waals surface area contributed by atoms with Crippen molar-refractivity contribution in [1.29, 1.82) is 0 Å². The lowest BCUT2D eigenvalue weighted by Gasteiger charge is -2.30. The largest absolute Gasteiger partial charge is 0.396 e. The van der Waals surface area contributed by atoms with E-state index in [9.17, 15) is 9.90 Å². The Bertz CT molecular complexity index is 697. The minimum absolute atomic E-state index is 0.0943. The molecule has 1 amide bonds. The standard InChI is InChI=1S/C18H21N3O2/c22-11-16-12-6-7-13(8-12)17(16)20-18(23)14-9-19-21(10-14)15-4-2-1-3-5-15/h1-5,9-10,12-13,16-17,22H,6-8,11H2,(H,20,23). The van der Waals surface area contributed by atoms with Gasteiger partial charge in [0, 0.05) is 24.8 Å². The number of aromatic nitrogens is 2. The van der Waals surface area contributed by atoms with Gasteiger partial charge < -0.3 is 10.4 Å². The molecule has 2 aromatic rings. The maximum Gasteiger partial charge on any atom is 0.254 e. The number of aliphatic hydroxyl groups excluding tert-OH is 1. The summed E-state index contributed by atoms with van der Waals surface area (Å²) in [5.74, 6) is 1.21. The van der Waals surface area contributed by atoms with Gasteiger partial charge in [0.2, 0.25) is 0 Å².